The highest BCUT2D eigenvalue weighted by Gasteiger charge is 2.28. The van der Waals surface area contributed by atoms with Gasteiger partial charge in [0, 0.05) is 22.7 Å². The van der Waals surface area contributed by atoms with Gasteiger partial charge in [-0.3, -0.25) is 9.38 Å². The van der Waals surface area contributed by atoms with Crippen molar-refractivity contribution in [3.8, 4) is 22.6 Å². The Morgan fingerprint density at radius 2 is 1.64 bits per heavy atom. The van der Waals surface area contributed by atoms with E-state index in [0.29, 0.717) is 0 Å². The number of nitrogens with zero attached hydrogens (tertiary/aromatic N) is 3. The van der Waals surface area contributed by atoms with Crippen LogP contribution < -0.4 is 0 Å². The van der Waals surface area contributed by atoms with Crippen LogP contribution in [0.3, 0.4) is 0 Å². The molecule has 3 aromatic heterocycles. The Kier molecular flexibility index (Phi) is 3.63. The van der Waals surface area contributed by atoms with Crippen LogP contribution in [0.1, 0.15) is 26.5 Å². The van der Waals surface area contributed by atoms with E-state index in [0.717, 1.165) is 45.2 Å². The molecule has 0 spiro atoms. The van der Waals surface area contributed by atoms with Crippen molar-refractivity contribution in [2.75, 3.05) is 0 Å². The minimum absolute atomic E-state index is 0.142. The lowest BCUT2D eigenvalue weighted by Crippen LogP contribution is -2.11. The van der Waals surface area contributed by atoms with Crippen molar-refractivity contribution < 1.29 is 4.42 Å². The Hall–Kier alpha value is -3.40. The van der Waals surface area contributed by atoms with Gasteiger partial charge in [0.1, 0.15) is 11.5 Å². The Bertz CT molecular complexity index is 1280. The molecule has 0 aliphatic carbocycles. The predicted octanol–water partition coefficient (Wildman–Crippen LogP) is 6.11. The quantitative estimate of drug-likeness (QED) is 0.378. The number of fused-ring (bicyclic) bond motifs is 3. The third kappa shape index (κ3) is 2.53. The summed E-state index contributed by atoms with van der Waals surface area (Å²) in [6, 6.07) is 22.4. The van der Waals surface area contributed by atoms with Gasteiger partial charge in [0.15, 0.2) is 5.58 Å². The Labute approximate surface area is 163 Å². The molecule has 0 saturated carbocycles. The average molecular weight is 367 g/mol. The molecule has 5 rings (SSSR count). The molecule has 0 radical (unpaired) electrons. The fourth-order valence-corrected chi connectivity index (χ4v) is 3.62. The molecule has 0 saturated heterocycles. The molecule has 4 heteroatoms. The predicted molar refractivity (Wildman–Crippen MR) is 112 cm³/mol. The molecule has 2 aromatic carbocycles. The normalized spacial score (nSPS) is 12.1. The van der Waals surface area contributed by atoms with Crippen molar-refractivity contribution in [3.05, 3.63) is 78.6 Å². The number of para-hydroxylation sites is 1. The van der Waals surface area contributed by atoms with E-state index >= 15 is 0 Å². The number of hydrogen-bond donors (Lipinski definition) is 0. The van der Waals surface area contributed by atoms with Crippen LogP contribution in [-0.4, -0.2) is 14.4 Å². The van der Waals surface area contributed by atoms with E-state index in [4.69, 9.17) is 9.40 Å². The molecule has 28 heavy (non-hydrogen) atoms. The molecule has 0 amide bonds. The molecule has 138 valence electrons. The molecule has 5 aromatic rings. The van der Waals surface area contributed by atoms with E-state index < -0.39 is 0 Å². The summed E-state index contributed by atoms with van der Waals surface area (Å²) in [5.74, 6) is 0.900. The maximum atomic E-state index is 6.46. The second-order valence-corrected chi connectivity index (χ2v) is 8.01. The van der Waals surface area contributed by atoms with Crippen LogP contribution in [0.4, 0.5) is 0 Å². The van der Waals surface area contributed by atoms with Crippen molar-refractivity contribution in [1.82, 2.24) is 14.4 Å². The summed E-state index contributed by atoms with van der Waals surface area (Å²) in [6.07, 6.45) is 1.81. The monoisotopic (exact) mass is 367 g/mol. The van der Waals surface area contributed by atoms with Gasteiger partial charge in [0.25, 0.3) is 0 Å². The van der Waals surface area contributed by atoms with E-state index in [1.54, 1.807) is 0 Å². The second-order valence-electron chi connectivity index (χ2n) is 8.01. The van der Waals surface area contributed by atoms with Crippen molar-refractivity contribution in [2.45, 2.75) is 26.2 Å². The zero-order valence-corrected chi connectivity index (χ0v) is 16.2. The van der Waals surface area contributed by atoms with Crippen molar-refractivity contribution in [2.24, 2.45) is 0 Å². The van der Waals surface area contributed by atoms with Crippen LogP contribution in [-0.2, 0) is 5.41 Å². The molecule has 0 N–H and O–H groups in total. The number of aromatic nitrogens is 3. The van der Waals surface area contributed by atoms with E-state index in [2.05, 4.69) is 54.4 Å². The molecule has 3 heterocycles. The van der Waals surface area contributed by atoms with Crippen LogP contribution in [0.2, 0.25) is 0 Å². The van der Waals surface area contributed by atoms with Gasteiger partial charge in [-0.2, -0.15) is 0 Å². The lowest BCUT2D eigenvalue weighted by Gasteiger charge is -2.14. The smallest absolute Gasteiger partial charge is 0.228 e. The van der Waals surface area contributed by atoms with Crippen LogP contribution in [0.15, 0.2) is 77.3 Å². The lowest BCUT2D eigenvalue weighted by molar-refractivity contribution is 0.555. The van der Waals surface area contributed by atoms with Gasteiger partial charge in [-0.1, -0.05) is 63.2 Å². The van der Waals surface area contributed by atoms with Crippen LogP contribution in [0, 0.1) is 0 Å². The molecule has 0 bridgehead atoms. The van der Waals surface area contributed by atoms with Crippen LogP contribution in [0.5, 0.6) is 0 Å². The molecule has 4 nitrogen and oxygen atoms in total. The Morgan fingerprint density at radius 1 is 0.857 bits per heavy atom. The van der Waals surface area contributed by atoms with Crippen LogP contribution in [0.25, 0.3) is 39.5 Å². The average Bonchev–Trinajstić information content (AvgIpc) is 3.26. The lowest BCUT2D eigenvalue weighted by atomic mass is 9.93. The summed E-state index contributed by atoms with van der Waals surface area (Å²) in [4.78, 5) is 9.52. The maximum Gasteiger partial charge on any atom is 0.228 e. The minimum Gasteiger partial charge on any atom is -0.435 e. The second kappa shape index (κ2) is 6.06. The summed E-state index contributed by atoms with van der Waals surface area (Å²) in [5, 5.41) is 0. The van der Waals surface area contributed by atoms with Crippen molar-refractivity contribution in [1.29, 1.82) is 0 Å². The zero-order valence-electron chi connectivity index (χ0n) is 16.2. The van der Waals surface area contributed by atoms with Gasteiger partial charge in [-0.25, -0.2) is 4.98 Å². The summed E-state index contributed by atoms with van der Waals surface area (Å²) in [5.41, 5.74) is 6.40. The molecular weight excluding hydrogens is 346 g/mol. The van der Waals surface area contributed by atoms with Crippen molar-refractivity contribution >= 4 is 16.8 Å². The van der Waals surface area contributed by atoms with Gasteiger partial charge in [-0.05, 0) is 24.3 Å². The van der Waals surface area contributed by atoms with Crippen molar-refractivity contribution in [3.63, 3.8) is 0 Å². The number of oxazole rings is 1. The number of benzene rings is 2. The molecule has 0 unspecified atom stereocenters. The first-order chi connectivity index (χ1) is 13.5. The van der Waals surface area contributed by atoms with E-state index in [1.807, 2.05) is 48.7 Å². The third-order valence-electron chi connectivity index (χ3n) is 4.95. The molecule has 0 atom stereocenters. The summed E-state index contributed by atoms with van der Waals surface area (Å²) >= 11 is 0. The minimum atomic E-state index is -0.142. The van der Waals surface area contributed by atoms with E-state index in [-0.39, 0.29) is 5.41 Å². The van der Waals surface area contributed by atoms with E-state index in [9.17, 15) is 0 Å². The first-order valence-corrected chi connectivity index (χ1v) is 9.45. The number of imidazole rings is 1. The van der Waals surface area contributed by atoms with Gasteiger partial charge < -0.3 is 4.42 Å². The molecule has 0 aliphatic heterocycles. The zero-order chi connectivity index (χ0) is 19.3. The molecule has 0 aliphatic rings. The summed E-state index contributed by atoms with van der Waals surface area (Å²) < 4.78 is 8.59. The number of hydrogen-bond acceptors (Lipinski definition) is 3. The van der Waals surface area contributed by atoms with Gasteiger partial charge in [-0.15, -0.1) is 0 Å². The van der Waals surface area contributed by atoms with Gasteiger partial charge in [0.2, 0.25) is 5.71 Å². The SMILES string of the molecule is CC(C)(C)c1nc(-c2ccccc2)n2c1oc1c(-c3ccccn3)cccc12. The maximum absolute atomic E-state index is 6.46. The van der Waals surface area contributed by atoms with Gasteiger partial charge in [0.05, 0.1) is 11.2 Å². The standard InChI is InChI=1S/C24H21N3O/c1-24(2,3)21-23-27(22(26-21)16-10-5-4-6-11-16)19-14-9-12-17(20(19)28-23)18-13-7-8-15-25-18/h4-15H,1-3H3. The van der Waals surface area contributed by atoms with E-state index in [1.165, 1.54) is 0 Å². The highest BCUT2D eigenvalue weighted by atomic mass is 16.3. The fourth-order valence-electron chi connectivity index (χ4n) is 3.62. The number of pyridine rings is 1. The highest BCUT2D eigenvalue weighted by Crippen LogP contribution is 2.38. The third-order valence-corrected chi connectivity index (χ3v) is 4.95. The highest BCUT2D eigenvalue weighted by molar-refractivity contribution is 5.93. The Balaban J connectivity index is 1.90. The molecule has 0 fully saturated rings. The largest absolute Gasteiger partial charge is 0.435 e. The molecular formula is C24H21N3O. The topological polar surface area (TPSA) is 43.3 Å². The Morgan fingerprint density at radius 3 is 2.36 bits per heavy atom. The summed E-state index contributed by atoms with van der Waals surface area (Å²) in [6.45, 7) is 6.49. The number of rotatable bonds is 2. The fraction of sp³-hybridized carbons (Fsp3) is 0.167. The first-order valence-electron chi connectivity index (χ1n) is 9.45. The first kappa shape index (κ1) is 16.8. The van der Waals surface area contributed by atoms with Crippen LogP contribution >= 0.6 is 0 Å². The van der Waals surface area contributed by atoms with Gasteiger partial charge >= 0.3 is 0 Å². The summed E-state index contributed by atoms with van der Waals surface area (Å²) in [7, 11) is 0.